The molecule has 1 N–H and O–H groups in total. The van der Waals surface area contributed by atoms with Gasteiger partial charge in [-0.15, -0.1) is 11.3 Å². The van der Waals surface area contributed by atoms with Gasteiger partial charge in [0.1, 0.15) is 5.36 Å². The summed E-state index contributed by atoms with van der Waals surface area (Å²) in [6.45, 7) is 4.16. The molecule has 0 aliphatic rings. The normalized spacial score (nSPS) is 11.6. The van der Waals surface area contributed by atoms with Crippen LogP contribution < -0.4 is 10.7 Å². The second-order valence-corrected chi connectivity index (χ2v) is 7.75. The Morgan fingerprint density at radius 3 is 2.25 bits per heavy atom. The first-order chi connectivity index (χ1) is 13.6. The van der Waals surface area contributed by atoms with Crippen molar-refractivity contribution in [2.45, 2.75) is 13.8 Å². The highest BCUT2D eigenvalue weighted by atomic mass is 32.1. The second kappa shape index (κ2) is 7.82. The zero-order chi connectivity index (χ0) is 19.5. The number of hydrogen-bond donors (Lipinski definition) is 1. The van der Waals surface area contributed by atoms with Gasteiger partial charge in [-0.3, -0.25) is 4.68 Å². The molecule has 2 aromatic carbocycles. The van der Waals surface area contributed by atoms with Crippen molar-refractivity contribution in [2.75, 3.05) is 5.32 Å². The van der Waals surface area contributed by atoms with Crippen LogP contribution >= 0.6 is 11.3 Å². The van der Waals surface area contributed by atoms with E-state index >= 15 is 0 Å². The van der Waals surface area contributed by atoms with Crippen molar-refractivity contribution in [2.24, 2.45) is 12.0 Å². The number of rotatable bonds is 4. The number of hydrogen-bond acceptors (Lipinski definition) is 4. The Balaban J connectivity index is 1.84. The molecule has 4 rings (SSSR count). The summed E-state index contributed by atoms with van der Waals surface area (Å²) in [7, 11) is 1.96. The zero-order valence-corrected chi connectivity index (χ0v) is 17.0. The monoisotopic (exact) mass is 386 g/mol. The average Bonchev–Trinajstić information content (AvgIpc) is 3.22. The summed E-state index contributed by atoms with van der Waals surface area (Å²) in [5, 5.41) is 11.1. The van der Waals surface area contributed by atoms with Crippen molar-refractivity contribution in [3.05, 3.63) is 88.6 Å². The summed E-state index contributed by atoms with van der Waals surface area (Å²) in [4.78, 5) is 6.04. The zero-order valence-electron chi connectivity index (χ0n) is 16.2. The third-order valence-electron chi connectivity index (χ3n) is 4.49. The fourth-order valence-electron chi connectivity index (χ4n) is 2.91. The molecule has 0 aliphatic carbocycles. The molecule has 5 heteroatoms. The number of aryl methyl sites for hydroxylation is 3. The highest BCUT2D eigenvalue weighted by molar-refractivity contribution is 7.13. The van der Waals surface area contributed by atoms with Gasteiger partial charge in [0.2, 0.25) is 0 Å². The van der Waals surface area contributed by atoms with Gasteiger partial charge in [0.15, 0.2) is 5.82 Å². The minimum Gasteiger partial charge on any atom is -0.337 e. The van der Waals surface area contributed by atoms with E-state index in [1.807, 2.05) is 23.9 Å². The minimum absolute atomic E-state index is 0.729. The van der Waals surface area contributed by atoms with Gasteiger partial charge in [0, 0.05) is 12.7 Å². The maximum Gasteiger partial charge on any atom is 0.176 e. The van der Waals surface area contributed by atoms with Crippen LogP contribution in [0.25, 0.3) is 10.6 Å². The Hall–Kier alpha value is -3.18. The van der Waals surface area contributed by atoms with Crippen molar-refractivity contribution < 1.29 is 0 Å². The van der Waals surface area contributed by atoms with Crippen molar-refractivity contribution in [1.29, 1.82) is 0 Å². The topological polar surface area (TPSA) is 42.2 Å². The smallest absolute Gasteiger partial charge is 0.176 e. The third kappa shape index (κ3) is 4.05. The molecule has 0 bridgehead atoms. The van der Waals surface area contributed by atoms with Gasteiger partial charge < -0.3 is 5.32 Å². The standard InChI is InChI=1S/C23H22N4S/c1-16-6-10-18(11-7-16)24-20-15-21(22-5-4-14-28-22)27(3)26-23(20)25-19-12-8-17(2)9-13-19/h4-15H,1-3H3,(H,25,26). The van der Waals surface area contributed by atoms with E-state index in [2.05, 4.69) is 79.1 Å². The van der Waals surface area contributed by atoms with Crippen molar-refractivity contribution >= 4 is 28.5 Å². The van der Waals surface area contributed by atoms with Crippen LogP contribution in [0.15, 0.2) is 77.1 Å². The van der Waals surface area contributed by atoms with E-state index in [4.69, 9.17) is 10.1 Å². The van der Waals surface area contributed by atoms with Gasteiger partial charge in [-0.25, -0.2) is 4.99 Å². The van der Waals surface area contributed by atoms with Crippen LogP contribution in [-0.2, 0) is 7.05 Å². The van der Waals surface area contributed by atoms with Gasteiger partial charge in [-0.05, 0) is 55.6 Å². The Kier molecular flexibility index (Phi) is 5.08. The maximum atomic E-state index is 4.87. The van der Waals surface area contributed by atoms with E-state index in [9.17, 15) is 0 Å². The largest absolute Gasteiger partial charge is 0.337 e. The van der Waals surface area contributed by atoms with Crippen molar-refractivity contribution in [3.8, 4) is 10.6 Å². The van der Waals surface area contributed by atoms with Gasteiger partial charge in [-0.2, -0.15) is 5.10 Å². The molecule has 2 heterocycles. The molecule has 28 heavy (non-hydrogen) atoms. The third-order valence-corrected chi connectivity index (χ3v) is 5.38. The Morgan fingerprint density at radius 2 is 1.61 bits per heavy atom. The summed E-state index contributed by atoms with van der Waals surface area (Å²) in [6.07, 6.45) is 0. The predicted octanol–water partition coefficient (Wildman–Crippen LogP) is 5.74. The van der Waals surface area contributed by atoms with E-state index in [1.165, 1.54) is 11.1 Å². The fraction of sp³-hybridized carbons (Fsp3) is 0.130. The molecular formula is C23H22N4S. The van der Waals surface area contributed by atoms with Crippen molar-refractivity contribution in [1.82, 2.24) is 9.78 Å². The molecule has 0 saturated carbocycles. The summed E-state index contributed by atoms with van der Waals surface area (Å²) in [5.74, 6) is 0.729. The number of benzene rings is 2. The molecule has 0 unspecified atom stereocenters. The quantitative estimate of drug-likeness (QED) is 0.486. The Morgan fingerprint density at radius 1 is 0.929 bits per heavy atom. The van der Waals surface area contributed by atoms with E-state index in [1.54, 1.807) is 11.3 Å². The molecule has 0 amide bonds. The Bertz CT molecular complexity index is 1140. The molecule has 4 aromatic rings. The molecule has 0 aliphatic heterocycles. The highest BCUT2D eigenvalue weighted by Crippen LogP contribution is 2.24. The first-order valence-corrected chi connectivity index (χ1v) is 10.0. The van der Waals surface area contributed by atoms with Gasteiger partial charge in [-0.1, -0.05) is 41.5 Å². The SMILES string of the molecule is Cc1ccc(N=c2cc(-c3cccs3)n(C)nc2Nc2ccc(C)cc2)cc1. The maximum absolute atomic E-state index is 4.87. The lowest BCUT2D eigenvalue weighted by atomic mass is 10.2. The lowest BCUT2D eigenvalue weighted by Crippen LogP contribution is -2.17. The van der Waals surface area contributed by atoms with Crippen LogP contribution in [0, 0.1) is 13.8 Å². The molecule has 4 nitrogen and oxygen atoms in total. The van der Waals surface area contributed by atoms with Crippen molar-refractivity contribution in [3.63, 3.8) is 0 Å². The molecule has 2 aromatic heterocycles. The molecule has 0 atom stereocenters. The predicted molar refractivity (Wildman–Crippen MR) is 117 cm³/mol. The van der Waals surface area contributed by atoms with Crippen LogP contribution in [-0.4, -0.2) is 9.78 Å². The summed E-state index contributed by atoms with van der Waals surface area (Å²) >= 11 is 1.70. The minimum atomic E-state index is 0.729. The molecular weight excluding hydrogens is 364 g/mol. The number of nitrogens with zero attached hydrogens (tertiary/aromatic N) is 3. The van der Waals surface area contributed by atoms with Crippen LogP contribution in [0.5, 0.6) is 0 Å². The van der Waals surface area contributed by atoms with E-state index in [-0.39, 0.29) is 0 Å². The van der Waals surface area contributed by atoms with Gasteiger partial charge in [0.25, 0.3) is 0 Å². The molecule has 140 valence electrons. The first kappa shape index (κ1) is 18.2. The average molecular weight is 387 g/mol. The van der Waals surface area contributed by atoms with Gasteiger partial charge >= 0.3 is 0 Å². The fourth-order valence-corrected chi connectivity index (χ4v) is 3.68. The molecule has 0 radical (unpaired) electrons. The van der Waals surface area contributed by atoms with Crippen LogP contribution in [0.1, 0.15) is 11.1 Å². The molecule has 0 fully saturated rings. The number of aromatic nitrogens is 2. The lowest BCUT2D eigenvalue weighted by molar-refractivity contribution is 0.749. The number of thiophene rings is 1. The highest BCUT2D eigenvalue weighted by Gasteiger charge is 2.09. The molecule has 0 saturated heterocycles. The Labute approximate surface area is 168 Å². The first-order valence-electron chi connectivity index (χ1n) is 9.16. The van der Waals surface area contributed by atoms with E-state index < -0.39 is 0 Å². The van der Waals surface area contributed by atoms with Crippen LogP contribution in [0.2, 0.25) is 0 Å². The number of anilines is 2. The van der Waals surface area contributed by atoms with Crippen LogP contribution in [0.3, 0.4) is 0 Å². The summed E-state index contributed by atoms with van der Waals surface area (Å²) in [6, 6.07) is 22.7. The number of nitrogens with one attached hydrogen (secondary N) is 1. The second-order valence-electron chi connectivity index (χ2n) is 6.80. The van der Waals surface area contributed by atoms with E-state index in [0.717, 1.165) is 33.1 Å². The lowest BCUT2D eigenvalue weighted by Gasteiger charge is -2.12. The summed E-state index contributed by atoms with van der Waals surface area (Å²) < 4.78 is 1.90. The van der Waals surface area contributed by atoms with E-state index in [0.29, 0.717) is 0 Å². The van der Waals surface area contributed by atoms with Crippen LogP contribution in [0.4, 0.5) is 17.2 Å². The van der Waals surface area contributed by atoms with Gasteiger partial charge in [0.05, 0.1) is 16.3 Å². The summed E-state index contributed by atoms with van der Waals surface area (Å²) in [5.41, 5.74) is 5.37. The molecule has 0 spiro atoms.